The largest absolute Gasteiger partial charge is 0.469 e. The second-order valence-corrected chi connectivity index (χ2v) is 6.63. The third kappa shape index (κ3) is 14.5. The lowest BCUT2D eigenvalue weighted by molar-refractivity contribution is -0.145. The monoisotopic (exact) mass is 326 g/mol. The second kappa shape index (κ2) is 16.0. The number of rotatable bonds is 15. The van der Waals surface area contributed by atoms with Gasteiger partial charge in [-0.05, 0) is 32.1 Å². The van der Waals surface area contributed by atoms with Crippen LogP contribution in [0.4, 0.5) is 0 Å². The minimum Gasteiger partial charge on any atom is -0.469 e. The number of carbonyl (C=O) groups excluding carboxylic acids is 1. The summed E-state index contributed by atoms with van der Waals surface area (Å²) < 4.78 is 4.72. The average Bonchev–Trinajstić information content (AvgIpc) is 2.56. The molecule has 0 aliphatic rings. The van der Waals surface area contributed by atoms with E-state index >= 15 is 0 Å². The van der Waals surface area contributed by atoms with Crippen LogP contribution in [0.25, 0.3) is 0 Å². The number of hydrogen-bond acceptors (Lipinski definition) is 3. The number of allylic oxidation sites excluding steroid dienone is 1. The van der Waals surface area contributed by atoms with Crippen LogP contribution >= 0.6 is 0 Å². The molecular weight excluding hydrogens is 288 g/mol. The number of aliphatic hydroxyl groups is 1. The third-order valence-corrected chi connectivity index (χ3v) is 4.33. The summed E-state index contributed by atoms with van der Waals surface area (Å²) >= 11 is 0. The fraction of sp³-hybridized carbons (Fsp3) is 0.850. The van der Waals surface area contributed by atoms with E-state index in [-0.39, 0.29) is 18.0 Å². The van der Waals surface area contributed by atoms with E-state index in [1.807, 2.05) is 6.92 Å². The van der Waals surface area contributed by atoms with Crippen molar-refractivity contribution in [2.45, 2.75) is 97.0 Å². The molecule has 0 bridgehead atoms. The third-order valence-electron chi connectivity index (χ3n) is 4.33. The second-order valence-electron chi connectivity index (χ2n) is 6.63. The smallest absolute Gasteiger partial charge is 0.308 e. The molecule has 3 nitrogen and oxygen atoms in total. The lowest BCUT2D eigenvalue weighted by atomic mass is 10.0. The van der Waals surface area contributed by atoms with Crippen molar-refractivity contribution in [2.24, 2.45) is 5.92 Å². The summed E-state index contributed by atoms with van der Waals surface area (Å²) in [5, 5.41) is 9.85. The first kappa shape index (κ1) is 22.2. The summed E-state index contributed by atoms with van der Waals surface area (Å²) in [4.78, 5) is 11.3. The number of unbranched alkanes of at least 4 members (excludes halogenated alkanes) is 7. The number of hydrogen-bond donors (Lipinski definition) is 1. The van der Waals surface area contributed by atoms with Gasteiger partial charge in [0.2, 0.25) is 0 Å². The van der Waals surface area contributed by atoms with Gasteiger partial charge in [0, 0.05) is 0 Å². The Morgan fingerprint density at radius 3 is 2.35 bits per heavy atom. The molecule has 0 saturated heterocycles. The topological polar surface area (TPSA) is 46.5 Å². The summed E-state index contributed by atoms with van der Waals surface area (Å²) in [5.74, 6) is -0.0695. The average molecular weight is 327 g/mol. The van der Waals surface area contributed by atoms with Crippen molar-refractivity contribution in [1.82, 2.24) is 0 Å². The number of esters is 1. The Hall–Kier alpha value is -0.830. The molecule has 0 radical (unpaired) electrons. The molecule has 0 amide bonds. The van der Waals surface area contributed by atoms with Crippen molar-refractivity contribution in [3.05, 3.63) is 12.2 Å². The summed E-state index contributed by atoms with van der Waals surface area (Å²) in [6.07, 6.45) is 17.5. The molecule has 136 valence electrons. The van der Waals surface area contributed by atoms with Gasteiger partial charge in [0.15, 0.2) is 0 Å². The molecule has 1 unspecified atom stereocenters. The fourth-order valence-electron chi connectivity index (χ4n) is 2.68. The van der Waals surface area contributed by atoms with Gasteiger partial charge in [-0.2, -0.15) is 0 Å². The van der Waals surface area contributed by atoms with E-state index in [1.54, 1.807) is 0 Å². The lowest BCUT2D eigenvalue weighted by Crippen LogP contribution is -2.12. The van der Waals surface area contributed by atoms with Crippen LogP contribution in [0.15, 0.2) is 12.2 Å². The van der Waals surface area contributed by atoms with Crippen LogP contribution in [-0.2, 0) is 9.53 Å². The zero-order chi connectivity index (χ0) is 17.3. The normalized spacial score (nSPS) is 14.1. The molecule has 0 saturated carbocycles. The maximum Gasteiger partial charge on any atom is 0.308 e. The maximum absolute atomic E-state index is 11.3. The van der Waals surface area contributed by atoms with Crippen LogP contribution in [-0.4, -0.2) is 24.3 Å². The van der Waals surface area contributed by atoms with Gasteiger partial charge in [-0.15, -0.1) is 0 Å². The highest BCUT2D eigenvalue weighted by Crippen LogP contribution is 2.13. The quantitative estimate of drug-likeness (QED) is 0.248. The van der Waals surface area contributed by atoms with Gasteiger partial charge in [-0.1, -0.05) is 70.9 Å². The molecule has 0 aromatic heterocycles. The Morgan fingerprint density at radius 2 is 1.65 bits per heavy atom. The molecular formula is C20H38O3. The van der Waals surface area contributed by atoms with Crippen molar-refractivity contribution in [2.75, 3.05) is 7.11 Å². The number of carbonyl (C=O) groups is 1. The maximum atomic E-state index is 11.3. The molecule has 3 heteroatoms. The standard InChI is InChI=1S/C20H38O3/c1-4-5-6-13-16-19(21)17-14-11-9-7-8-10-12-15-18(2)20(22)23-3/h11,14,18-19,21H,4-10,12-13,15-17H2,1-3H3/b14-11-/t18?,19-/m1/s1. The molecule has 0 rings (SSSR count). The van der Waals surface area contributed by atoms with Crippen LogP contribution < -0.4 is 0 Å². The lowest BCUT2D eigenvalue weighted by Gasteiger charge is -2.08. The number of ether oxygens (including phenoxy) is 1. The van der Waals surface area contributed by atoms with Gasteiger partial charge >= 0.3 is 5.97 Å². The summed E-state index contributed by atoms with van der Waals surface area (Å²) in [7, 11) is 1.45. The van der Waals surface area contributed by atoms with Gasteiger partial charge in [-0.3, -0.25) is 4.79 Å². The van der Waals surface area contributed by atoms with Crippen LogP contribution in [0, 0.1) is 5.92 Å². The Balaban J connectivity index is 3.38. The van der Waals surface area contributed by atoms with Crippen molar-refractivity contribution < 1.29 is 14.6 Å². The minimum atomic E-state index is -0.164. The van der Waals surface area contributed by atoms with Crippen molar-refractivity contribution in [1.29, 1.82) is 0 Å². The zero-order valence-corrected chi connectivity index (χ0v) is 15.6. The molecule has 0 spiro atoms. The molecule has 2 atom stereocenters. The van der Waals surface area contributed by atoms with Gasteiger partial charge in [0.1, 0.15) is 0 Å². The minimum absolute atomic E-state index is 0.0266. The summed E-state index contributed by atoms with van der Waals surface area (Å²) in [6.45, 7) is 4.14. The summed E-state index contributed by atoms with van der Waals surface area (Å²) in [6, 6.07) is 0. The molecule has 23 heavy (non-hydrogen) atoms. The SMILES string of the molecule is CCCCCC[C@@H](O)C/C=C\CCCCCCC(C)C(=O)OC. The molecule has 0 aliphatic carbocycles. The number of methoxy groups -OCH3 is 1. The first-order valence-corrected chi connectivity index (χ1v) is 9.52. The predicted molar refractivity (Wildman–Crippen MR) is 97.4 cm³/mol. The number of aliphatic hydroxyl groups excluding tert-OH is 1. The zero-order valence-electron chi connectivity index (χ0n) is 15.6. The van der Waals surface area contributed by atoms with Crippen molar-refractivity contribution >= 4 is 5.97 Å². The van der Waals surface area contributed by atoms with E-state index in [4.69, 9.17) is 4.74 Å². The van der Waals surface area contributed by atoms with Crippen LogP contribution in [0.1, 0.15) is 90.9 Å². The Bertz CT molecular complexity index is 299. The first-order chi connectivity index (χ1) is 11.1. The van der Waals surface area contributed by atoms with E-state index < -0.39 is 0 Å². The van der Waals surface area contributed by atoms with E-state index in [1.165, 1.54) is 45.6 Å². The first-order valence-electron chi connectivity index (χ1n) is 9.52. The van der Waals surface area contributed by atoms with E-state index in [9.17, 15) is 9.90 Å². The highest BCUT2D eigenvalue weighted by molar-refractivity contribution is 5.71. The predicted octanol–water partition coefficient (Wildman–Crippen LogP) is 5.41. The van der Waals surface area contributed by atoms with E-state index in [2.05, 4.69) is 19.1 Å². The molecule has 0 heterocycles. The summed E-state index contributed by atoms with van der Waals surface area (Å²) in [5.41, 5.74) is 0. The molecule has 0 aromatic carbocycles. The highest BCUT2D eigenvalue weighted by atomic mass is 16.5. The van der Waals surface area contributed by atoms with Gasteiger partial charge < -0.3 is 9.84 Å². The molecule has 1 N–H and O–H groups in total. The molecule has 0 fully saturated rings. The molecule has 0 aliphatic heterocycles. The van der Waals surface area contributed by atoms with E-state index in [0.29, 0.717) is 0 Å². The van der Waals surface area contributed by atoms with Gasteiger partial charge in [0.25, 0.3) is 0 Å². The Labute approximate surface area is 143 Å². The van der Waals surface area contributed by atoms with Crippen LogP contribution in [0.5, 0.6) is 0 Å². The van der Waals surface area contributed by atoms with Gasteiger partial charge in [-0.25, -0.2) is 0 Å². The van der Waals surface area contributed by atoms with Crippen molar-refractivity contribution in [3.8, 4) is 0 Å². The van der Waals surface area contributed by atoms with Gasteiger partial charge in [0.05, 0.1) is 19.1 Å². The Morgan fingerprint density at radius 1 is 1.00 bits per heavy atom. The highest BCUT2D eigenvalue weighted by Gasteiger charge is 2.11. The molecule has 0 aromatic rings. The van der Waals surface area contributed by atoms with Crippen LogP contribution in [0.3, 0.4) is 0 Å². The Kier molecular flexibility index (Phi) is 15.5. The van der Waals surface area contributed by atoms with Crippen LogP contribution in [0.2, 0.25) is 0 Å². The van der Waals surface area contributed by atoms with E-state index in [0.717, 1.165) is 38.5 Å². The van der Waals surface area contributed by atoms with Crippen molar-refractivity contribution in [3.63, 3.8) is 0 Å². The fourth-order valence-corrected chi connectivity index (χ4v) is 2.68.